The van der Waals surface area contributed by atoms with Crippen molar-refractivity contribution in [1.82, 2.24) is 24.6 Å². The van der Waals surface area contributed by atoms with Gasteiger partial charge in [0.25, 0.3) is 5.56 Å². The Balaban J connectivity index is 1.35. The number of aryl methyl sites for hydroxylation is 1. The van der Waals surface area contributed by atoms with Gasteiger partial charge in [-0.05, 0) is 12.8 Å². The van der Waals surface area contributed by atoms with Crippen LogP contribution in [0.25, 0.3) is 0 Å². The lowest BCUT2D eigenvalue weighted by molar-refractivity contribution is -0.0292. The van der Waals surface area contributed by atoms with Crippen LogP contribution < -0.4 is 10.5 Å². The van der Waals surface area contributed by atoms with E-state index in [-0.39, 0.29) is 11.7 Å². The van der Waals surface area contributed by atoms with Gasteiger partial charge in [0.1, 0.15) is 0 Å². The van der Waals surface area contributed by atoms with E-state index in [4.69, 9.17) is 9.26 Å². The van der Waals surface area contributed by atoms with Crippen LogP contribution in [0.5, 0.6) is 0 Å². The number of rotatable bonds is 6. The van der Waals surface area contributed by atoms with Crippen LogP contribution in [0.2, 0.25) is 0 Å². The molecular weight excluding hydrogens is 336 g/mol. The molecule has 9 nitrogen and oxygen atoms in total. The van der Waals surface area contributed by atoms with Gasteiger partial charge in [-0.3, -0.25) is 9.69 Å². The number of ether oxygens (including phenoxy) is 1. The van der Waals surface area contributed by atoms with Gasteiger partial charge in [-0.15, -0.1) is 0 Å². The number of anilines is 1. The molecule has 2 aliphatic rings. The van der Waals surface area contributed by atoms with Crippen LogP contribution in [0.15, 0.2) is 21.7 Å². The Morgan fingerprint density at radius 1 is 1.38 bits per heavy atom. The Morgan fingerprint density at radius 2 is 2.23 bits per heavy atom. The number of aromatic nitrogens is 4. The van der Waals surface area contributed by atoms with Crippen molar-refractivity contribution in [3.8, 4) is 0 Å². The van der Waals surface area contributed by atoms with Crippen LogP contribution in [-0.4, -0.2) is 64.0 Å². The summed E-state index contributed by atoms with van der Waals surface area (Å²) >= 11 is 0. The van der Waals surface area contributed by atoms with Crippen LogP contribution >= 0.6 is 0 Å². The molecule has 4 rings (SSSR count). The second-order valence-electron chi connectivity index (χ2n) is 7.10. The lowest BCUT2D eigenvalue weighted by atomic mass is 10.2. The first kappa shape index (κ1) is 17.2. The first-order chi connectivity index (χ1) is 12.6. The van der Waals surface area contributed by atoms with Crippen LogP contribution in [0.1, 0.15) is 30.5 Å². The Hall–Kier alpha value is -2.26. The molecule has 1 atom stereocenters. The Labute approximate surface area is 151 Å². The second-order valence-corrected chi connectivity index (χ2v) is 7.10. The minimum Gasteiger partial charge on any atom is -0.374 e. The maximum Gasteiger partial charge on any atom is 0.293 e. The van der Waals surface area contributed by atoms with E-state index >= 15 is 0 Å². The number of nitrogens with zero attached hydrogens (tertiary/aromatic N) is 6. The lowest BCUT2D eigenvalue weighted by Gasteiger charge is -2.34. The van der Waals surface area contributed by atoms with Crippen LogP contribution in [0.4, 0.5) is 5.82 Å². The molecule has 1 aliphatic heterocycles. The summed E-state index contributed by atoms with van der Waals surface area (Å²) in [4.78, 5) is 25.0. The molecule has 0 bridgehead atoms. The van der Waals surface area contributed by atoms with Crippen LogP contribution in [0, 0.1) is 0 Å². The topological polar surface area (TPSA) is 89.5 Å². The fraction of sp³-hybridized carbons (Fsp3) is 0.647. The average molecular weight is 360 g/mol. The van der Waals surface area contributed by atoms with Gasteiger partial charge in [0.2, 0.25) is 5.89 Å². The fourth-order valence-corrected chi connectivity index (χ4v) is 3.20. The summed E-state index contributed by atoms with van der Waals surface area (Å²) < 4.78 is 12.8. The second kappa shape index (κ2) is 7.16. The van der Waals surface area contributed by atoms with Crippen LogP contribution in [0.3, 0.4) is 0 Å². The predicted octanol–water partition coefficient (Wildman–Crippen LogP) is 0.378. The van der Waals surface area contributed by atoms with Gasteiger partial charge >= 0.3 is 0 Å². The highest BCUT2D eigenvalue weighted by Gasteiger charge is 2.30. The van der Waals surface area contributed by atoms with Crippen molar-refractivity contribution in [2.75, 3.05) is 38.2 Å². The summed E-state index contributed by atoms with van der Waals surface area (Å²) in [5, 5.41) is 4.07. The summed E-state index contributed by atoms with van der Waals surface area (Å²) in [6.45, 7) is 3.45. The molecule has 0 amide bonds. The Kier molecular flexibility index (Phi) is 4.73. The third-order valence-electron chi connectivity index (χ3n) is 4.85. The quantitative estimate of drug-likeness (QED) is 0.730. The minimum absolute atomic E-state index is 0.00807. The Bertz CT molecular complexity index is 815. The molecule has 140 valence electrons. The highest BCUT2D eigenvalue weighted by Crippen LogP contribution is 2.38. The summed E-state index contributed by atoms with van der Waals surface area (Å²) in [7, 11) is 3.59. The minimum atomic E-state index is -0.110. The van der Waals surface area contributed by atoms with Gasteiger partial charge in [0.15, 0.2) is 11.6 Å². The molecule has 0 spiro atoms. The molecule has 3 heterocycles. The van der Waals surface area contributed by atoms with Gasteiger partial charge in [-0.25, -0.2) is 4.98 Å². The zero-order valence-electron chi connectivity index (χ0n) is 15.2. The third-order valence-corrected chi connectivity index (χ3v) is 4.85. The molecule has 2 aromatic rings. The molecule has 0 unspecified atom stereocenters. The monoisotopic (exact) mass is 360 g/mol. The van der Waals surface area contributed by atoms with Gasteiger partial charge in [0, 0.05) is 52.0 Å². The summed E-state index contributed by atoms with van der Waals surface area (Å²) in [6.07, 6.45) is 5.61. The molecule has 2 fully saturated rings. The zero-order chi connectivity index (χ0) is 18.1. The van der Waals surface area contributed by atoms with Gasteiger partial charge in [-0.1, -0.05) is 5.16 Å². The lowest BCUT2D eigenvalue weighted by Crippen LogP contribution is -2.47. The number of hydrogen-bond donors (Lipinski definition) is 0. The number of hydrogen-bond acceptors (Lipinski definition) is 8. The van der Waals surface area contributed by atoms with Crippen molar-refractivity contribution in [1.29, 1.82) is 0 Å². The van der Waals surface area contributed by atoms with Crippen molar-refractivity contribution >= 4 is 5.82 Å². The normalized spacial score (nSPS) is 21.1. The zero-order valence-corrected chi connectivity index (χ0v) is 15.2. The summed E-state index contributed by atoms with van der Waals surface area (Å²) in [6, 6.07) is 0. The molecule has 1 saturated heterocycles. The Morgan fingerprint density at radius 3 is 3.04 bits per heavy atom. The van der Waals surface area contributed by atoms with E-state index in [1.165, 1.54) is 4.57 Å². The van der Waals surface area contributed by atoms with Crippen molar-refractivity contribution in [3.63, 3.8) is 0 Å². The van der Waals surface area contributed by atoms with E-state index < -0.39 is 0 Å². The molecule has 26 heavy (non-hydrogen) atoms. The summed E-state index contributed by atoms with van der Waals surface area (Å²) in [5.41, 5.74) is -0.110. The smallest absolute Gasteiger partial charge is 0.293 e. The van der Waals surface area contributed by atoms with E-state index in [2.05, 4.69) is 20.0 Å². The van der Waals surface area contributed by atoms with E-state index in [0.717, 1.165) is 31.8 Å². The molecule has 1 aliphatic carbocycles. The fourth-order valence-electron chi connectivity index (χ4n) is 3.20. The van der Waals surface area contributed by atoms with E-state index in [9.17, 15) is 4.79 Å². The maximum absolute atomic E-state index is 12.2. The van der Waals surface area contributed by atoms with Gasteiger partial charge < -0.3 is 18.7 Å². The first-order valence-corrected chi connectivity index (χ1v) is 8.99. The van der Waals surface area contributed by atoms with E-state index in [1.807, 2.05) is 11.9 Å². The highest BCUT2D eigenvalue weighted by molar-refractivity contribution is 5.34. The van der Waals surface area contributed by atoms with Gasteiger partial charge in [0.05, 0.1) is 19.3 Å². The number of likely N-dealkylation sites (N-methyl/N-ethyl adjacent to an activating group) is 1. The van der Waals surface area contributed by atoms with Crippen molar-refractivity contribution in [3.05, 3.63) is 34.5 Å². The average Bonchev–Trinajstić information content (AvgIpc) is 3.37. The highest BCUT2D eigenvalue weighted by atomic mass is 16.5. The molecule has 0 radical (unpaired) electrons. The SMILES string of the molecule is CN(C[C@@H]1CN(Cc2nc(C3CC3)no2)CCO1)c1nccn(C)c1=O. The first-order valence-electron chi connectivity index (χ1n) is 8.99. The molecule has 1 saturated carbocycles. The standard InChI is InChI=1S/C17H24N6O3/c1-21-6-5-18-16(17(21)24)22(2)9-13-10-23(7-8-25-13)11-14-19-15(20-26-14)12-3-4-12/h5-6,12-13H,3-4,7-11H2,1-2H3/t13-/m1/s1. The molecule has 2 aromatic heterocycles. The maximum atomic E-state index is 12.2. The number of morpholine rings is 1. The predicted molar refractivity (Wildman–Crippen MR) is 94.0 cm³/mol. The van der Waals surface area contributed by atoms with Crippen LogP contribution in [-0.2, 0) is 18.3 Å². The van der Waals surface area contributed by atoms with Gasteiger partial charge in [-0.2, -0.15) is 4.98 Å². The molecule has 9 heteroatoms. The van der Waals surface area contributed by atoms with Crippen molar-refractivity contribution in [2.45, 2.75) is 31.4 Å². The molecule has 0 N–H and O–H groups in total. The van der Waals surface area contributed by atoms with E-state index in [0.29, 0.717) is 37.3 Å². The van der Waals surface area contributed by atoms with E-state index in [1.54, 1.807) is 19.4 Å². The molecule has 0 aromatic carbocycles. The van der Waals surface area contributed by atoms with Crippen molar-refractivity contribution in [2.24, 2.45) is 7.05 Å². The largest absolute Gasteiger partial charge is 0.374 e. The summed E-state index contributed by atoms with van der Waals surface area (Å²) in [5.74, 6) is 2.44. The van der Waals surface area contributed by atoms with Crippen molar-refractivity contribution < 1.29 is 9.26 Å². The third kappa shape index (κ3) is 3.78. The molecular formula is C17H24N6O3.